The zero-order chi connectivity index (χ0) is 26.8. The average Bonchev–Trinajstić information content (AvgIpc) is 3.44. The molecule has 0 fully saturated rings. The van der Waals surface area contributed by atoms with Crippen molar-refractivity contribution in [1.29, 1.82) is 5.26 Å². The van der Waals surface area contributed by atoms with Crippen LogP contribution in [0.25, 0.3) is 11.1 Å². The summed E-state index contributed by atoms with van der Waals surface area (Å²) in [4.78, 5) is 27.1. The van der Waals surface area contributed by atoms with Crippen LogP contribution in [-0.4, -0.2) is 32.0 Å². The molecule has 0 bridgehead atoms. The Morgan fingerprint density at radius 3 is 2.67 bits per heavy atom. The number of aldehydes is 1. The molecule has 0 atom stereocenters. The van der Waals surface area contributed by atoms with Crippen molar-refractivity contribution in [3.8, 4) is 34.4 Å². The highest BCUT2D eigenvalue weighted by Crippen LogP contribution is 2.40. The van der Waals surface area contributed by atoms with Crippen molar-refractivity contribution < 1.29 is 23.8 Å². The van der Waals surface area contributed by atoms with E-state index in [4.69, 9.17) is 19.5 Å². The third-order valence-electron chi connectivity index (χ3n) is 6.96. The second-order valence-corrected chi connectivity index (χ2v) is 9.34. The number of carbonyl (C=O) groups is 2. The predicted octanol–water partition coefficient (Wildman–Crippen LogP) is 5.59. The molecule has 4 aromatic rings. The van der Waals surface area contributed by atoms with Crippen LogP contribution < -0.4 is 19.1 Å². The minimum Gasteiger partial charge on any atom is -0.488 e. The highest BCUT2D eigenvalue weighted by molar-refractivity contribution is 6.08. The van der Waals surface area contributed by atoms with E-state index in [0.29, 0.717) is 48.5 Å². The van der Waals surface area contributed by atoms with Crippen LogP contribution in [0.4, 0.5) is 5.69 Å². The molecule has 7 heteroatoms. The van der Waals surface area contributed by atoms with Crippen LogP contribution in [0.5, 0.6) is 17.2 Å². The molecular weight excluding hydrogens is 492 g/mol. The van der Waals surface area contributed by atoms with Crippen molar-refractivity contribution in [2.75, 3.05) is 24.7 Å². The van der Waals surface area contributed by atoms with E-state index in [1.165, 1.54) is 0 Å². The zero-order valence-electron chi connectivity index (χ0n) is 21.1. The molecule has 0 aliphatic carbocycles. The van der Waals surface area contributed by atoms with Gasteiger partial charge in [-0.1, -0.05) is 30.3 Å². The van der Waals surface area contributed by atoms with Crippen molar-refractivity contribution in [1.82, 2.24) is 0 Å². The van der Waals surface area contributed by atoms with Gasteiger partial charge >= 0.3 is 0 Å². The average molecular weight is 517 g/mol. The summed E-state index contributed by atoms with van der Waals surface area (Å²) < 4.78 is 17.4. The minimum atomic E-state index is -0.165. The van der Waals surface area contributed by atoms with Gasteiger partial charge in [-0.15, -0.1) is 0 Å². The molecular formula is C32H24N2O5. The first-order valence-corrected chi connectivity index (χ1v) is 12.7. The van der Waals surface area contributed by atoms with Crippen LogP contribution in [0.1, 0.15) is 37.4 Å². The second kappa shape index (κ2) is 10.3. The SMILES string of the molecule is N#Cc1cccc(COc2cc(C(=O)N3CCc4c(-c5ccc6c(c5)OCCO6)cccc43)ccc2C=O)c1. The molecule has 192 valence electrons. The molecule has 0 saturated carbocycles. The fraction of sp³-hybridized carbons (Fsp3) is 0.156. The first-order valence-electron chi connectivity index (χ1n) is 12.7. The Balaban J connectivity index is 1.26. The van der Waals surface area contributed by atoms with E-state index < -0.39 is 0 Å². The lowest BCUT2D eigenvalue weighted by Crippen LogP contribution is -2.28. The fourth-order valence-corrected chi connectivity index (χ4v) is 5.06. The molecule has 7 nitrogen and oxygen atoms in total. The van der Waals surface area contributed by atoms with Gasteiger partial charge in [0.25, 0.3) is 5.91 Å². The van der Waals surface area contributed by atoms with Gasteiger partial charge in [-0.3, -0.25) is 9.59 Å². The van der Waals surface area contributed by atoms with Gasteiger partial charge in [0.05, 0.1) is 17.2 Å². The summed E-state index contributed by atoms with van der Waals surface area (Å²) >= 11 is 0. The van der Waals surface area contributed by atoms with Gasteiger partial charge in [0, 0.05) is 17.8 Å². The van der Waals surface area contributed by atoms with Gasteiger partial charge in [-0.05, 0) is 77.2 Å². The Kier molecular flexibility index (Phi) is 6.44. The van der Waals surface area contributed by atoms with E-state index in [1.54, 1.807) is 41.3 Å². The van der Waals surface area contributed by atoms with Crippen LogP contribution >= 0.6 is 0 Å². The van der Waals surface area contributed by atoms with Crippen LogP contribution in [0.2, 0.25) is 0 Å². The number of hydrogen-bond donors (Lipinski definition) is 0. The highest BCUT2D eigenvalue weighted by atomic mass is 16.6. The fourth-order valence-electron chi connectivity index (χ4n) is 5.06. The third-order valence-corrected chi connectivity index (χ3v) is 6.96. The molecule has 0 aromatic heterocycles. The third kappa shape index (κ3) is 4.69. The number of carbonyl (C=O) groups excluding carboxylic acids is 2. The van der Waals surface area contributed by atoms with E-state index >= 15 is 0 Å². The van der Waals surface area contributed by atoms with Crippen LogP contribution in [0.3, 0.4) is 0 Å². The number of anilines is 1. The maximum Gasteiger partial charge on any atom is 0.258 e. The lowest BCUT2D eigenvalue weighted by molar-refractivity contribution is 0.0987. The van der Waals surface area contributed by atoms with E-state index in [0.717, 1.165) is 45.9 Å². The number of hydrogen-bond acceptors (Lipinski definition) is 6. The second-order valence-electron chi connectivity index (χ2n) is 9.34. The van der Waals surface area contributed by atoms with Gasteiger partial charge < -0.3 is 19.1 Å². The number of nitriles is 1. The highest BCUT2D eigenvalue weighted by Gasteiger charge is 2.28. The molecule has 0 N–H and O–H groups in total. The molecule has 4 aromatic carbocycles. The lowest BCUT2D eigenvalue weighted by atomic mass is 9.97. The summed E-state index contributed by atoms with van der Waals surface area (Å²) in [5, 5.41) is 9.14. The first kappa shape index (κ1) is 24.3. The van der Waals surface area contributed by atoms with Crippen molar-refractivity contribution in [3.63, 3.8) is 0 Å². The van der Waals surface area contributed by atoms with Gasteiger partial charge in [-0.2, -0.15) is 5.26 Å². The molecule has 0 spiro atoms. The van der Waals surface area contributed by atoms with Gasteiger partial charge in [0.1, 0.15) is 25.6 Å². The maximum atomic E-state index is 13.7. The zero-order valence-corrected chi connectivity index (χ0v) is 21.1. The molecule has 6 rings (SSSR count). The number of ether oxygens (including phenoxy) is 3. The van der Waals surface area contributed by atoms with Crippen LogP contribution in [-0.2, 0) is 13.0 Å². The van der Waals surface area contributed by atoms with E-state index in [2.05, 4.69) is 12.1 Å². The Labute approximate surface area is 225 Å². The summed E-state index contributed by atoms with van der Waals surface area (Å²) in [7, 11) is 0. The van der Waals surface area contributed by atoms with Gasteiger partial charge in [0.15, 0.2) is 17.8 Å². The summed E-state index contributed by atoms with van der Waals surface area (Å²) in [6, 6.07) is 25.9. The van der Waals surface area contributed by atoms with E-state index in [9.17, 15) is 9.59 Å². The van der Waals surface area contributed by atoms with Gasteiger partial charge in [0.2, 0.25) is 0 Å². The number of amides is 1. The molecule has 39 heavy (non-hydrogen) atoms. The quantitative estimate of drug-likeness (QED) is 0.311. The topological polar surface area (TPSA) is 88.9 Å². The Bertz CT molecular complexity index is 1640. The maximum absolute atomic E-state index is 13.7. The Hall–Kier alpha value is -5.09. The largest absolute Gasteiger partial charge is 0.488 e. The standard InChI is InChI=1S/C32H24N2O5/c33-18-21-3-1-4-22(15-21)20-39-30-17-24(7-8-25(30)19-35)32(36)34-12-11-27-26(5-2-6-28(27)34)23-9-10-29-31(16-23)38-14-13-37-29/h1-10,15-17,19H,11-14,20H2. The summed E-state index contributed by atoms with van der Waals surface area (Å²) in [6.45, 7) is 1.77. The van der Waals surface area contributed by atoms with Crippen LogP contribution in [0, 0.1) is 11.3 Å². The summed E-state index contributed by atoms with van der Waals surface area (Å²) in [6.07, 6.45) is 1.43. The van der Waals surface area contributed by atoms with Crippen molar-refractivity contribution >= 4 is 17.9 Å². The number of rotatable bonds is 6. The minimum absolute atomic E-state index is 0.165. The molecule has 0 radical (unpaired) electrons. The normalized spacial score (nSPS) is 13.4. The van der Waals surface area contributed by atoms with Gasteiger partial charge in [-0.25, -0.2) is 0 Å². The van der Waals surface area contributed by atoms with Crippen molar-refractivity contribution in [3.05, 3.63) is 107 Å². The van der Waals surface area contributed by atoms with Crippen LogP contribution in [0.15, 0.2) is 78.9 Å². The predicted molar refractivity (Wildman–Crippen MR) is 146 cm³/mol. The Morgan fingerprint density at radius 1 is 0.974 bits per heavy atom. The van der Waals surface area contributed by atoms with Crippen molar-refractivity contribution in [2.45, 2.75) is 13.0 Å². The lowest BCUT2D eigenvalue weighted by Gasteiger charge is -2.20. The molecule has 2 aliphatic heterocycles. The molecule has 0 saturated heterocycles. The number of nitrogens with zero attached hydrogens (tertiary/aromatic N) is 2. The Morgan fingerprint density at radius 2 is 1.82 bits per heavy atom. The monoisotopic (exact) mass is 516 g/mol. The van der Waals surface area contributed by atoms with E-state index in [1.807, 2.05) is 36.4 Å². The van der Waals surface area contributed by atoms with E-state index in [-0.39, 0.29) is 12.5 Å². The molecule has 2 heterocycles. The smallest absolute Gasteiger partial charge is 0.258 e. The molecule has 2 aliphatic rings. The molecule has 0 unspecified atom stereocenters. The summed E-state index contributed by atoms with van der Waals surface area (Å²) in [5.41, 5.74) is 6.13. The molecule has 1 amide bonds. The number of fused-ring (bicyclic) bond motifs is 2. The first-order chi connectivity index (χ1) is 19.1. The summed E-state index contributed by atoms with van der Waals surface area (Å²) in [5.74, 6) is 1.62. The number of benzene rings is 4. The van der Waals surface area contributed by atoms with Crippen molar-refractivity contribution in [2.24, 2.45) is 0 Å².